The lowest BCUT2D eigenvalue weighted by atomic mass is 10.0. The van der Waals surface area contributed by atoms with Crippen LogP contribution in [0.4, 0.5) is 0 Å². The zero-order chi connectivity index (χ0) is 17.2. The van der Waals surface area contributed by atoms with Gasteiger partial charge >= 0.3 is 0 Å². The first-order chi connectivity index (χ1) is 11.7. The number of benzene rings is 1. The number of guanidine groups is 1. The second kappa shape index (κ2) is 12.3. The number of hydrogen-bond acceptors (Lipinski definition) is 2. The van der Waals surface area contributed by atoms with Gasteiger partial charge in [0.1, 0.15) is 0 Å². The third-order valence-electron chi connectivity index (χ3n) is 4.14. The molecule has 0 aliphatic carbocycles. The summed E-state index contributed by atoms with van der Waals surface area (Å²) >= 11 is 0. The monoisotopic (exact) mass is 457 g/mol. The number of piperidine rings is 1. The molecule has 0 aromatic heterocycles. The van der Waals surface area contributed by atoms with E-state index in [0.717, 1.165) is 51.5 Å². The SMILES string of the molecule is CN=C(NCCCOC(C)C)N1CCC(=Cc2ccccc2)CC1.I. The molecule has 1 aliphatic heterocycles. The van der Waals surface area contributed by atoms with Crippen molar-refractivity contribution in [3.8, 4) is 0 Å². The Balaban J connectivity index is 0.00000312. The van der Waals surface area contributed by atoms with Crippen molar-refractivity contribution in [1.29, 1.82) is 0 Å². The maximum atomic E-state index is 5.57. The molecule has 1 saturated heterocycles. The number of hydrogen-bond donors (Lipinski definition) is 1. The molecule has 0 amide bonds. The largest absolute Gasteiger partial charge is 0.379 e. The van der Waals surface area contributed by atoms with Crippen LogP contribution in [0, 0.1) is 0 Å². The minimum absolute atomic E-state index is 0. The summed E-state index contributed by atoms with van der Waals surface area (Å²) in [5.41, 5.74) is 2.83. The van der Waals surface area contributed by atoms with Crippen LogP contribution in [0.2, 0.25) is 0 Å². The molecular weight excluding hydrogens is 425 g/mol. The molecule has 0 spiro atoms. The smallest absolute Gasteiger partial charge is 0.193 e. The van der Waals surface area contributed by atoms with Crippen molar-refractivity contribution in [3.05, 3.63) is 41.5 Å². The average Bonchev–Trinajstić information content (AvgIpc) is 2.60. The van der Waals surface area contributed by atoms with Gasteiger partial charge in [-0.1, -0.05) is 42.0 Å². The van der Waals surface area contributed by atoms with Crippen LogP contribution in [-0.2, 0) is 4.74 Å². The molecule has 1 aromatic carbocycles. The van der Waals surface area contributed by atoms with Gasteiger partial charge in [-0.2, -0.15) is 0 Å². The maximum Gasteiger partial charge on any atom is 0.193 e. The van der Waals surface area contributed by atoms with Gasteiger partial charge in [0, 0.05) is 33.3 Å². The molecule has 0 bridgehead atoms. The lowest BCUT2D eigenvalue weighted by molar-refractivity contribution is 0.0775. The normalized spacial score (nSPS) is 15.1. The van der Waals surface area contributed by atoms with Gasteiger partial charge in [-0.05, 0) is 38.7 Å². The average molecular weight is 457 g/mol. The standard InChI is InChI=1S/C20H31N3O.HI/c1-17(2)24-15-7-12-22-20(21-3)23-13-10-19(11-14-23)16-18-8-5-4-6-9-18;/h4-6,8-9,16-17H,7,10-15H2,1-3H3,(H,21,22);1H. The van der Waals surface area contributed by atoms with E-state index in [1.54, 1.807) is 0 Å². The van der Waals surface area contributed by atoms with Crippen LogP contribution in [0.1, 0.15) is 38.7 Å². The summed E-state index contributed by atoms with van der Waals surface area (Å²) in [6, 6.07) is 10.6. The lowest BCUT2D eigenvalue weighted by Gasteiger charge is -2.31. The number of ether oxygens (including phenoxy) is 1. The molecule has 1 aliphatic rings. The molecule has 0 radical (unpaired) electrons. The highest BCUT2D eigenvalue weighted by molar-refractivity contribution is 14.0. The predicted molar refractivity (Wildman–Crippen MR) is 118 cm³/mol. The van der Waals surface area contributed by atoms with E-state index in [0.29, 0.717) is 6.10 Å². The molecule has 5 heteroatoms. The molecule has 0 atom stereocenters. The topological polar surface area (TPSA) is 36.9 Å². The highest BCUT2D eigenvalue weighted by Gasteiger charge is 2.16. The fraction of sp³-hybridized carbons (Fsp3) is 0.550. The van der Waals surface area contributed by atoms with Crippen molar-refractivity contribution in [3.63, 3.8) is 0 Å². The Morgan fingerprint density at radius 1 is 1.24 bits per heavy atom. The van der Waals surface area contributed by atoms with Gasteiger partial charge in [0.2, 0.25) is 0 Å². The van der Waals surface area contributed by atoms with E-state index in [1.807, 2.05) is 7.05 Å². The first-order valence-corrected chi connectivity index (χ1v) is 9.00. The summed E-state index contributed by atoms with van der Waals surface area (Å²) in [6.07, 6.45) is 5.85. The van der Waals surface area contributed by atoms with E-state index in [4.69, 9.17) is 4.74 Å². The molecule has 4 nitrogen and oxygen atoms in total. The van der Waals surface area contributed by atoms with Gasteiger partial charge in [-0.25, -0.2) is 0 Å². The summed E-state index contributed by atoms with van der Waals surface area (Å²) < 4.78 is 5.57. The van der Waals surface area contributed by atoms with Crippen LogP contribution in [-0.4, -0.2) is 50.3 Å². The summed E-state index contributed by atoms with van der Waals surface area (Å²) in [5, 5.41) is 3.45. The Labute approximate surface area is 169 Å². The molecule has 1 N–H and O–H groups in total. The van der Waals surface area contributed by atoms with E-state index in [-0.39, 0.29) is 24.0 Å². The Bertz CT molecular complexity index is 533. The molecule has 25 heavy (non-hydrogen) atoms. The van der Waals surface area contributed by atoms with Crippen molar-refractivity contribution in [2.75, 3.05) is 33.3 Å². The first kappa shape index (κ1) is 22.0. The number of likely N-dealkylation sites (tertiary alicyclic amines) is 1. The van der Waals surface area contributed by atoms with Crippen LogP contribution >= 0.6 is 24.0 Å². The number of aliphatic imine (C=N–C) groups is 1. The van der Waals surface area contributed by atoms with Crippen LogP contribution in [0.3, 0.4) is 0 Å². The molecule has 1 heterocycles. The second-order valence-electron chi connectivity index (χ2n) is 6.45. The first-order valence-electron chi connectivity index (χ1n) is 9.00. The third-order valence-corrected chi connectivity index (χ3v) is 4.14. The highest BCUT2D eigenvalue weighted by Crippen LogP contribution is 2.19. The second-order valence-corrected chi connectivity index (χ2v) is 6.45. The van der Waals surface area contributed by atoms with E-state index >= 15 is 0 Å². The van der Waals surface area contributed by atoms with Crippen LogP contribution in [0.25, 0.3) is 6.08 Å². The molecule has 1 aromatic rings. The maximum absolute atomic E-state index is 5.57. The summed E-state index contributed by atoms with van der Waals surface area (Å²) in [7, 11) is 1.86. The fourth-order valence-corrected chi connectivity index (χ4v) is 2.86. The van der Waals surface area contributed by atoms with Crippen molar-refractivity contribution >= 4 is 36.0 Å². The third kappa shape index (κ3) is 8.23. The van der Waals surface area contributed by atoms with E-state index in [2.05, 4.69) is 65.5 Å². The molecule has 0 saturated carbocycles. The number of nitrogens with zero attached hydrogens (tertiary/aromatic N) is 2. The lowest BCUT2D eigenvalue weighted by Crippen LogP contribution is -2.44. The number of rotatable bonds is 6. The summed E-state index contributed by atoms with van der Waals surface area (Å²) in [6.45, 7) is 7.90. The van der Waals surface area contributed by atoms with Crippen LogP contribution in [0.5, 0.6) is 0 Å². The minimum Gasteiger partial charge on any atom is -0.379 e. The molecule has 0 unspecified atom stereocenters. The van der Waals surface area contributed by atoms with Gasteiger partial charge in [0.25, 0.3) is 0 Å². The van der Waals surface area contributed by atoms with E-state index < -0.39 is 0 Å². The Hall–Kier alpha value is -1.08. The number of nitrogens with one attached hydrogen (secondary N) is 1. The van der Waals surface area contributed by atoms with E-state index in [9.17, 15) is 0 Å². The Morgan fingerprint density at radius 2 is 1.92 bits per heavy atom. The van der Waals surface area contributed by atoms with Gasteiger partial charge in [-0.3, -0.25) is 4.99 Å². The predicted octanol–water partition coefficient (Wildman–Crippen LogP) is 4.17. The van der Waals surface area contributed by atoms with Crippen LogP contribution < -0.4 is 5.32 Å². The van der Waals surface area contributed by atoms with Crippen molar-refractivity contribution in [2.24, 2.45) is 4.99 Å². The Kier molecular flexibility index (Phi) is 10.8. The zero-order valence-corrected chi connectivity index (χ0v) is 18.0. The van der Waals surface area contributed by atoms with Crippen molar-refractivity contribution in [1.82, 2.24) is 10.2 Å². The Morgan fingerprint density at radius 3 is 2.52 bits per heavy atom. The van der Waals surface area contributed by atoms with Crippen molar-refractivity contribution < 1.29 is 4.74 Å². The highest BCUT2D eigenvalue weighted by atomic mass is 127. The van der Waals surface area contributed by atoms with E-state index in [1.165, 1.54) is 11.1 Å². The molecule has 2 rings (SSSR count). The van der Waals surface area contributed by atoms with Gasteiger partial charge in [-0.15, -0.1) is 24.0 Å². The van der Waals surface area contributed by atoms with Gasteiger partial charge in [0.15, 0.2) is 5.96 Å². The van der Waals surface area contributed by atoms with Gasteiger partial charge in [0.05, 0.1) is 6.10 Å². The molecule has 1 fully saturated rings. The zero-order valence-electron chi connectivity index (χ0n) is 15.7. The molecule has 140 valence electrons. The number of halogens is 1. The summed E-state index contributed by atoms with van der Waals surface area (Å²) in [5.74, 6) is 1.01. The van der Waals surface area contributed by atoms with Crippen LogP contribution in [0.15, 0.2) is 40.9 Å². The summed E-state index contributed by atoms with van der Waals surface area (Å²) in [4.78, 5) is 6.78. The minimum atomic E-state index is 0. The quantitative estimate of drug-likeness (QED) is 0.302. The van der Waals surface area contributed by atoms with Gasteiger partial charge < -0.3 is 15.0 Å². The molecular formula is C20H32IN3O. The fourth-order valence-electron chi connectivity index (χ4n) is 2.86. The van der Waals surface area contributed by atoms with Crippen molar-refractivity contribution in [2.45, 2.75) is 39.2 Å².